The molecule has 1 aromatic heterocycles. The van der Waals surface area contributed by atoms with Gasteiger partial charge in [0, 0.05) is 13.1 Å². The van der Waals surface area contributed by atoms with Crippen LogP contribution in [0.25, 0.3) is 0 Å². The summed E-state index contributed by atoms with van der Waals surface area (Å²) in [5, 5.41) is 2.68. The number of esters is 1. The van der Waals surface area contributed by atoms with Crippen molar-refractivity contribution in [2.75, 3.05) is 26.2 Å². The summed E-state index contributed by atoms with van der Waals surface area (Å²) in [5.74, 6) is -0.814. The topological polar surface area (TPSA) is 97.6 Å². The summed E-state index contributed by atoms with van der Waals surface area (Å²) in [6, 6.07) is 2.50. The zero-order chi connectivity index (χ0) is 14.3. The molecule has 0 aliphatic carbocycles. The molecule has 0 saturated carbocycles. The van der Waals surface area contributed by atoms with Gasteiger partial charge in [-0.25, -0.2) is 17.9 Å². The van der Waals surface area contributed by atoms with Crippen molar-refractivity contribution < 1.29 is 22.4 Å². The number of carbonyl (C=O) groups is 1. The second-order valence-electron chi connectivity index (χ2n) is 3.59. The molecule has 0 radical (unpaired) electrons. The van der Waals surface area contributed by atoms with Crippen molar-refractivity contribution in [3.8, 4) is 0 Å². The van der Waals surface area contributed by atoms with Gasteiger partial charge in [-0.15, -0.1) is 0 Å². The summed E-state index contributed by atoms with van der Waals surface area (Å²) in [5.41, 5.74) is 0. The van der Waals surface area contributed by atoms with Crippen molar-refractivity contribution in [1.29, 1.82) is 0 Å². The summed E-state index contributed by atoms with van der Waals surface area (Å²) in [6.45, 7) is 5.29. The Hall–Kier alpha value is -1.38. The van der Waals surface area contributed by atoms with Gasteiger partial charge >= 0.3 is 5.97 Å². The number of hydrogen-bond acceptors (Lipinski definition) is 6. The summed E-state index contributed by atoms with van der Waals surface area (Å²) >= 11 is 0. The van der Waals surface area contributed by atoms with E-state index in [0.29, 0.717) is 6.54 Å². The molecule has 7 nitrogen and oxygen atoms in total. The third-order valence-electron chi connectivity index (χ3n) is 2.17. The molecule has 1 aromatic rings. The van der Waals surface area contributed by atoms with Crippen molar-refractivity contribution in [3.05, 3.63) is 17.9 Å². The standard InChI is InChI=1S/C11H18N2O5S/c1-3-12-7-8-13-19(15,16)10-6-5-9(18-10)11(14)17-4-2/h5-6,12-13H,3-4,7-8H2,1-2H3. The predicted octanol–water partition coefficient (Wildman–Crippen LogP) is 0.344. The van der Waals surface area contributed by atoms with E-state index >= 15 is 0 Å². The van der Waals surface area contributed by atoms with Gasteiger partial charge in [-0.2, -0.15) is 0 Å². The Morgan fingerprint density at radius 1 is 1.32 bits per heavy atom. The Kier molecular flexibility index (Phi) is 6.00. The normalized spacial score (nSPS) is 11.5. The number of ether oxygens (including phenoxy) is 1. The second-order valence-corrected chi connectivity index (χ2v) is 5.29. The zero-order valence-electron chi connectivity index (χ0n) is 10.9. The molecule has 0 spiro atoms. The van der Waals surface area contributed by atoms with Crippen LogP contribution >= 0.6 is 0 Å². The molecule has 2 N–H and O–H groups in total. The molecule has 0 unspecified atom stereocenters. The number of nitrogens with one attached hydrogen (secondary N) is 2. The van der Waals surface area contributed by atoms with E-state index in [1.165, 1.54) is 12.1 Å². The first-order valence-corrected chi connectivity index (χ1v) is 7.47. The van der Waals surface area contributed by atoms with Gasteiger partial charge in [0.2, 0.25) is 10.9 Å². The lowest BCUT2D eigenvalue weighted by molar-refractivity contribution is 0.0484. The molecular formula is C11H18N2O5S. The number of rotatable bonds is 8. The van der Waals surface area contributed by atoms with E-state index in [2.05, 4.69) is 10.0 Å². The molecule has 0 bridgehead atoms. The van der Waals surface area contributed by atoms with Crippen LogP contribution in [0.1, 0.15) is 24.4 Å². The largest absolute Gasteiger partial charge is 0.460 e. The molecule has 108 valence electrons. The fraction of sp³-hybridized carbons (Fsp3) is 0.545. The lowest BCUT2D eigenvalue weighted by Gasteiger charge is -2.04. The van der Waals surface area contributed by atoms with Crippen LogP contribution in [0.15, 0.2) is 21.6 Å². The number of likely N-dealkylation sites (N-methyl/N-ethyl adjacent to an activating group) is 1. The lowest BCUT2D eigenvalue weighted by atomic mass is 10.5. The van der Waals surface area contributed by atoms with Gasteiger partial charge in [-0.05, 0) is 25.6 Å². The average Bonchev–Trinajstić information content (AvgIpc) is 2.85. The highest BCUT2D eigenvalue weighted by atomic mass is 32.2. The first kappa shape index (κ1) is 15.7. The van der Waals surface area contributed by atoms with Crippen molar-refractivity contribution in [2.24, 2.45) is 0 Å². The molecule has 1 heterocycles. The van der Waals surface area contributed by atoms with E-state index < -0.39 is 16.0 Å². The van der Waals surface area contributed by atoms with Crippen LogP contribution in [0.3, 0.4) is 0 Å². The van der Waals surface area contributed by atoms with Gasteiger partial charge in [0.15, 0.2) is 0 Å². The maximum absolute atomic E-state index is 11.8. The number of carbonyl (C=O) groups excluding carboxylic acids is 1. The third kappa shape index (κ3) is 4.66. The summed E-state index contributed by atoms with van der Waals surface area (Å²) in [6.07, 6.45) is 0. The van der Waals surface area contributed by atoms with Gasteiger partial charge in [-0.3, -0.25) is 0 Å². The molecule has 1 rings (SSSR count). The second kappa shape index (κ2) is 7.27. The van der Waals surface area contributed by atoms with Crippen LogP contribution in [0.5, 0.6) is 0 Å². The number of hydrogen-bond donors (Lipinski definition) is 2. The van der Waals surface area contributed by atoms with E-state index in [9.17, 15) is 13.2 Å². The zero-order valence-corrected chi connectivity index (χ0v) is 11.7. The van der Waals surface area contributed by atoms with E-state index in [-0.39, 0.29) is 24.0 Å². The SMILES string of the molecule is CCNCCNS(=O)(=O)c1ccc(C(=O)OCC)o1. The number of sulfonamides is 1. The molecule has 19 heavy (non-hydrogen) atoms. The maximum Gasteiger partial charge on any atom is 0.374 e. The van der Waals surface area contributed by atoms with Crippen LogP contribution < -0.4 is 10.0 Å². The summed E-state index contributed by atoms with van der Waals surface area (Å²) < 4.78 is 35.7. The van der Waals surface area contributed by atoms with Crippen LogP contribution in [0.4, 0.5) is 0 Å². The minimum atomic E-state index is -3.73. The highest BCUT2D eigenvalue weighted by molar-refractivity contribution is 7.89. The van der Waals surface area contributed by atoms with Crippen molar-refractivity contribution in [1.82, 2.24) is 10.0 Å². The van der Waals surface area contributed by atoms with Gasteiger partial charge in [0.25, 0.3) is 10.0 Å². The van der Waals surface area contributed by atoms with Gasteiger partial charge in [0.1, 0.15) is 0 Å². The smallest absolute Gasteiger partial charge is 0.374 e. The third-order valence-corrected chi connectivity index (χ3v) is 3.50. The van der Waals surface area contributed by atoms with E-state index in [0.717, 1.165) is 6.54 Å². The molecule has 0 aliphatic heterocycles. The Balaban J connectivity index is 2.66. The Morgan fingerprint density at radius 2 is 2.05 bits per heavy atom. The molecule has 0 fully saturated rings. The molecule has 0 atom stereocenters. The quantitative estimate of drug-likeness (QED) is 0.529. The number of furan rings is 1. The van der Waals surface area contributed by atoms with Crippen molar-refractivity contribution in [2.45, 2.75) is 18.9 Å². The molecule has 0 aromatic carbocycles. The van der Waals surface area contributed by atoms with Crippen LogP contribution in [-0.4, -0.2) is 40.6 Å². The molecule has 0 saturated heterocycles. The van der Waals surface area contributed by atoms with E-state index in [1.807, 2.05) is 6.92 Å². The van der Waals surface area contributed by atoms with Crippen LogP contribution in [0.2, 0.25) is 0 Å². The molecule has 0 amide bonds. The van der Waals surface area contributed by atoms with Gasteiger partial charge in [-0.1, -0.05) is 6.92 Å². The van der Waals surface area contributed by atoms with E-state index in [1.54, 1.807) is 6.92 Å². The molecule has 0 aliphatic rings. The fourth-order valence-electron chi connectivity index (χ4n) is 1.30. The first-order valence-electron chi connectivity index (χ1n) is 5.98. The highest BCUT2D eigenvalue weighted by Crippen LogP contribution is 2.14. The van der Waals surface area contributed by atoms with Crippen molar-refractivity contribution >= 4 is 16.0 Å². The van der Waals surface area contributed by atoms with Gasteiger partial charge in [0.05, 0.1) is 6.61 Å². The van der Waals surface area contributed by atoms with Crippen LogP contribution in [0, 0.1) is 0 Å². The Labute approximate surface area is 112 Å². The predicted molar refractivity (Wildman–Crippen MR) is 68.4 cm³/mol. The molecule has 8 heteroatoms. The highest BCUT2D eigenvalue weighted by Gasteiger charge is 2.21. The van der Waals surface area contributed by atoms with Gasteiger partial charge < -0.3 is 14.5 Å². The fourth-order valence-corrected chi connectivity index (χ4v) is 2.26. The monoisotopic (exact) mass is 290 g/mol. The maximum atomic E-state index is 11.8. The lowest BCUT2D eigenvalue weighted by Crippen LogP contribution is -2.31. The minimum absolute atomic E-state index is 0.131. The Morgan fingerprint density at radius 3 is 2.68 bits per heavy atom. The minimum Gasteiger partial charge on any atom is -0.460 e. The first-order chi connectivity index (χ1) is 9.01. The summed E-state index contributed by atoms with van der Waals surface area (Å²) in [4.78, 5) is 11.3. The average molecular weight is 290 g/mol. The van der Waals surface area contributed by atoms with E-state index in [4.69, 9.17) is 9.15 Å². The molecular weight excluding hydrogens is 272 g/mol. The van der Waals surface area contributed by atoms with Crippen molar-refractivity contribution in [3.63, 3.8) is 0 Å². The summed E-state index contributed by atoms with van der Waals surface area (Å²) in [7, 11) is -3.73. The Bertz CT molecular complexity index is 509. The van der Waals surface area contributed by atoms with Crippen LogP contribution in [-0.2, 0) is 14.8 Å².